The zero-order chi connectivity index (χ0) is 22.7. The number of nitrogens with one attached hydrogen (secondary N) is 1. The van der Waals surface area contributed by atoms with Gasteiger partial charge in [0.15, 0.2) is 0 Å². The SMILES string of the molecule is CC.CC(C)(C)OC(=O)N1CCNCC1.Cc1c(OCCS)ccc2c1COC2=O. The number of ether oxygens (including phenoxy) is 3. The van der Waals surface area contributed by atoms with Gasteiger partial charge in [-0.1, -0.05) is 13.8 Å². The molecule has 30 heavy (non-hydrogen) atoms. The number of thiol groups is 1. The van der Waals surface area contributed by atoms with Crippen LogP contribution in [0.5, 0.6) is 5.75 Å². The van der Waals surface area contributed by atoms with Crippen LogP contribution >= 0.6 is 12.6 Å². The second-order valence-electron chi connectivity index (χ2n) is 7.58. The van der Waals surface area contributed by atoms with Gasteiger partial charge in [0.05, 0.1) is 12.2 Å². The van der Waals surface area contributed by atoms with E-state index in [0.717, 1.165) is 43.1 Å². The Labute approximate surface area is 185 Å². The zero-order valence-corrected chi connectivity index (χ0v) is 19.9. The second-order valence-corrected chi connectivity index (χ2v) is 8.03. The molecule has 2 aliphatic rings. The maximum atomic E-state index is 11.5. The summed E-state index contributed by atoms with van der Waals surface area (Å²) >= 11 is 4.08. The summed E-state index contributed by atoms with van der Waals surface area (Å²) in [6, 6.07) is 3.57. The van der Waals surface area contributed by atoms with Crippen LogP contribution in [0.3, 0.4) is 0 Å². The quantitative estimate of drug-likeness (QED) is 0.550. The third-order valence-corrected chi connectivity index (χ3v) is 4.42. The van der Waals surface area contributed by atoms with E-state index in [-0.39, 0.29) is 17.7 Å². The minimum Gasteiger partial charge on any atom is -0.492 e. The van der Waals surface area contributed by atoms with Crippen molar-refractivity contribution >= 4 is 24.7 Å². The highest BCUT2D eigenvalue weighted by atomic mass is 32.1. The summed E-state index contributed by atoms with van der Waals surface area (Å²) in [6.07, 6.45) is -0.200. The molecule has 1 aromatic rings. The van der Waals surface area contributed by atoms with Gasteiger partial charge in [-0.05, 0) is 45.4 Å². The Morgan fingerprint density at radius 2 is 1.87 bits per heavy atom. The molecule has 0 saturated carbocycles. The van der Waals surface area contributed by atoms with Crippen molar-refractivity contribution in [2.75, 3.05) is 38.5 Å². The van der Waals surface area contributed by atoms with Gasteiger partial charge < -0.3 is 24.4 Å². The van der Waals surface area contributed by atoms with E-state index in [1.807, 2.05) is 47.6 Å². The summed E-state index contributed by atoms with van der Waals surface area (Å²) in [4.78, 5) is 24.5. The average molecular weight is 441 g/mol. The largest absolute Gasteiger partial charge is 0.492 e. The molecule has 2 aliphatic heterocycles. The number of rotatable bonds is 3. The average Bonchev–Trinajstić information content (AvgIpc) is 3.11. The first-order valence-corrected chi connectivity index (χ1v) is 11.1. The number of amides is 1. The highest BCUT2D eigenvalue weighted by Gasteiger charge is 2.24. The zero-order valence-electron chi connectivity index (χ0n) is 19.0. The Balaban J connectivity index is 0.000000280. The molecule has 1 aromatic carbocycles. The molecular formula is C22H36N2O5S. The van der Waals surface area contributed by atoms with Gasteiger partial charge in [0, 0.05) is 37.5 Å². The molecule has 170 valence electrons. The number of benzene rings is 1. The molecule has 1 amide bonds. The lowest BCUT2D eigenvalue weighted by atomic mass is 10.0. The number of esters is 1. The van der Waals surface area contributed by atoms with Crippen LogP contribution in [0.2, 0.25) is 0 Å². The van der Waals surface area contributed by atoms with Crippen molar-refractivity contribution in [3.63, 3.8) is 0 Å². The van der Waals surface area contributed by atoms with Crippen LogP contribution in [-0.2, 0) is 16.1 Å². The lowest BCUT2D eigenvalue weighted by Crippen LogP contribution is -2.48. The smallest absolute Gasteiger partial charge is 0.410 e. The molecule has 0 unspecified atom stereocenters. The fraction of sp³-hybridized carbons (Fsp3) is 0.636. The highest BCUT2D eigenvalue weighted by Crippen LogP contribution is 2.29. The number of piperazine rings is 1. The third kappa shape index (κ3) is 8.07. The van der Waals surface area contributed by atoms with Crippen LogP contribution in [-0.4, -0.2) is 61.1 Å². The van der Waals surface area contributed by atoms with Gasteiger partial charge in [-0.2, -0.15) is 12.6 Å². The first kappa shape index (κ1) is 26.1. The summed E-state index contributed by atoms with van der Waals surface area (Å²) in [5, 5.41) is 3.18. The van der Waals surface area contributed by atoms with E-state index in [1.165, 1.54) is 0 Å². The molecule has 1 saturated heterocycles. The van der Waals surface area contributed by atoms with Gasteiger partial charge in [0.1, 0.15) is 18.0 Å². The molecule has 0 radical (unpaired) electrons. The number of nitrogens with zero attached hydrogens (tertiary/aromatic N) is 1. The number of fused-ring (bicyclic) bond motifs is 1. The van der Waals surface area contributed by atoms with Crippen molar-refractivity contribution in [1.29, 1.82) is 0 Å². The van der Waals surface area contributed by atoms with E-state index in [4.69, 9.17) is 14.2 Å². The molecular weight excluding hydrogens is 404 g/mol. The molecule has 0 spiro atoms. The molecule has 0 aromatic heterocycles. The first-order valence-electron chi connectivity index (χ1n) is 10.4. The molecule has 0 atom stereocenters. The van der Waals surface area contributed by atoms with Crippen LogP contribution in [0.25, 0.3) is 0 Å². The van der Waals surface area contributed by atoms with Crippen LogP contribution in [0.1, 0.15) is 56.1 Å². The fourth-order valence-corrected chi connectivity index (χ4v) is 2.91. The normalized spacial score (nSPS) is 15.0. The standard InChI is InChI=1S/C11H12O3S.C9H18N2O2.C2H6/c1-7-9-6-14-11(12)8(9)2-3-10(7)13-4-5-15;1-9(2,3)13-8(12)11-6-4-10-5-7-11;1-2/h2-3,15H,4-6H2,1H3;10H,4-7H2,1-3H3;1-2H3. The summed E-state index contributed by atoms with van der Waals surface area (Å²) in [5.41, 5.74) is 2.20. The number of carbonyl (C=O) groups excluding carboxylic acids is 2. The van der Waals surface area contributed by atoms with Crippen LogP contribution in [0.4, 0.5) is 4.79 Å². The number of hydrogen-bond acceptors (Lipinski definition) is 7. The summed E-state index contributed by atoms with van der Waals surface area (Å²) in [5.74, 6) is 1.24. The summed E-state index contributed by atoms with van der Waals surface area (Å²) in [6.45, 7) is 15.7. The number of hydrogen-bond donors (Lipinski definition) is 2. The maximum absolute atomic E-state index is 11.5. The van der Waals surface area contributed by atoms with E-state index in [2.05, 4.69) is 17.9 Å². The summed E-state index contributed by atoms with van der Waals surface area (Å²) in [7, 11) is 0. The Kier molecular flexibility index (Phi) is 11.0. The van der Waals surface area contributed by atoms with Crippen LogP contribution in [0, 0.1) is 6.92 Å². The van der Waals surface area contributed by atoms with Crippen LogP contribution < -0.4 is 10.1 Å². The highest BCUT2D eigenvalue weighted by molar-refractivity contribution is 7.80. The Morgan fingerprint density at radius 3 is 2.43 bits per heavy atom. The fourth-order valence-electron chi connectivity index (χ4n) is 2.81. The molecule has 0 aliphatic carbocycles. The molecule has 7 nitrogen and oxygen atoms in total. The minimum atomic E-state index is -0.387. The van der Waals surface area contributed by atoms with Gasteiger partial charge in [0.2, 0.25) is 0 Å². The number of carbonyl (C=O) groups is 2. The predicted molar refractivity (Wildman–Crippen MR) is 122 cm³/mol. The lowest BCUT2D eigenvalue weighted by molar-refractivity contribution is 0.0228. The van der Waals surface area contributed by atoms with E-state index in [9.17, 15) is 9.59 Å². The Bertz CT molecular complexity index is 698. The van der Waals surface area contributed by atoms with Crippen molar-refractivity contribution < 1.29 is 23.8 Å². The molecule has 2 heterocycles. The van der Waals surface area contributed by atoms with Gasteiger partial charge in [-0.15, -0.1) is 0 Å². The first-order chi connectivity index (χ1) is 14.2. The lowest BCUT2D eigenvalue weighted by Gasteiger charge is -2.30. The number of cyclic esters (lactones) is 1. The van der Waals surface area contributed by atoms with Crippen molar-refractivity contribution in [2.45, 2.75) is 53.8 Å². The van der Waals surface area contributed by atoms with E-state index in [0.29, 0.717) is 24.5 Å². The van der Waals surface area contributed by atoms with Crippen molar-refractivity contribution in [2.24, 2.45) is 0 Å². The molecule has 1 N–H and O–H groups in total. The van der Waals surface area contributed by atoms with E-state index < -0.39 is 0 Å². The van der Waals surface area contributed by atoms with E-state index in [1.54, 1.807) is 11.0 Å². The topological polar surface area (TPSA) is 77.1 Å². The maximum Gasteiger partial charge on any atom is 0.410 e. The summed E-state index contributed by atoms with van der Waals surface area (Å²) < 4.78 is 15.7. The Hall–Kier alpha value is -1.93. The van der Waals surface area contributed by atoms with Gasteiger partial charge in [-0.3, -0.25) is 0 Å². The van der Waals surface area contributed by atoms with Crippen molar-refractivity contribution in [3.8, 4) is 5.75 Å². The predicted octanol–water partition coefficient (Wildman–Crippen LogP) is 3.83. The minimum absolute atomic E-state index is 0.200. The second kappa shape index (κ2) is 12.7. The monoisotopic (exact) mass is 440 g/mol. The van der Waals surface area contributed by atoms with Crippen molar-refractivity contribution in [3.05, 3.63) is 28.8 Å². The molecule has 1 fully saturated rings. The van der Waals surface area contributed by atoms with Gasteiger partial charge >= 0.3 is 12.1 Å². The van der Waals surface area contributed by atoms with Crippen LogP contribution in [0.15, 0.2) is 12.1 Å². The van der Waals surface area contributed by atoms with Crippen molar-refractivity contribution in [1.82, 2.24) is 10.2 Å². The molecule has 8 heteroatoms. The van der Waals surface area contributed by atoms with Gasteiger partial charge in [-0.25, -0.2) is 9.59 Å². The third-order valence-electron chi connectivity index (χ3n) is 4.23. The van der Waals surface area contributed by atoms with Gasteiger partial charge in [0.25, 0.3) is 0 Å². The molecule has 3 rings (SSSR count). The Morgan fingerprint density at radius 1 is 1.23 bits per heavy atom. The van der Waals surface area contributed by atoms with E-state index >= 15 is 0 Å². The molecule has 0 bridgehead atoms.